The van der Waals surface area contributed by atoms with E-state index in [0.29, 0.717) is 18.0 Å². The summed E-state index contributed by atoms with van der Waals surface area (Å²) in [4.78, 5) is 28.3. The molecule has 3 rings (SSSR count). The Bertz CT molecular complexity index is 1370. The topological polar surface area (TPSA) is 86.8 Å². The zero-order valence-electron chi connectivity index (χ0n) is 21.5. The molecule has 0 fully saturated rings. The molecule has 0 bridgehead atoms. The summed E-state index contributed by atoms with van der Waals surface area (Å²) < 4.78 is 28.5. The van der Waals surface area contributed by atoms with Gasteiger partial charge >= 0.3 is 0 Å². The first-order chi connectivity index (χ1) is 18.1. The summed E-state index contributed by atoms with van der Waals surface area (Å²) in [5, 5.41) is 3.18. The maximum Gasteiger partial charge on any atom is 0.264 e. The molecule has 2 amide bonds. The highest BCUT2D eigenvalue weighted by Gasteiger charge is 2.34. The molecule has 0 saturated heterocycles. The first-order valence-corrected chi connectivity index (χ1v) is 14.4. The molecule has 1 N–H and O–H groups in total. The highest BCUT2D eigenvalue weighted by molar-refractivity contribution is 7.92. The first kappa shape index (κ1) is 29.5. The molecule has 1 atom stereocenters. The summed E-state index contributed by atoms with van der Waals surface area (Å²) in [7, 11) is -4.20. The van der Waals surface area contributed by atoms with E-state index in [4.69, 9.17) is 23.2 Å². The van der Waals surface area contributed by atoms with E-state index >= 15 is 0 Å². The van der Waals surface area contributed by atoms with E-state index in [9.17, 15) is 18.0 Å². The van der Waals surface area contributed by atoms with Crippen LogP contribution in [0.5, 0.6) is 0 Å². The first-order valence-electron chi connectivity index (χ1n) is 12.2. The van der Waals surface area contributed by atoms with Gasteiger partial charge in [0.25, 0.3) is 10.0 Å². The molecule has 0 heterocycles. The Morgan fingerprint density at radius 2 is 1.61 bits per heavy atom. The molecule has 0 unspecified atom stereocenters. The van der Waals surface area contributed by atoms with E-state index in [2.05, 4.69) is 5.32 Å². The van der Waals surface area contributed by atoms with Gasteiger partial charge in [-0.15, -0.1) is 0 Å². The van der Waals surface area contributed by atoms with Crippen molar-refractivity contribution in [1.82, 2.24) is 10.2 Å². The molecule has 0 aliphatic rings. The number of hydrogen-bond acceptors (Lipinski definition) is 4. The minimum Gasteiger partial charge on any atom is -0.355 e. The van der Waals surface area contributed by atoms with Crippen LogP contribution >= 0.6 is 23.2 Å². The molecule has 10 heteroatoms. The van der Waals surface area contributed by atoms with Crippen molar-refractivity contribution in [2.45, 2.75) is 44.7 Å². The minimum absolute atomic E-state index is 0.000307. The molecular formula is C28H31Cl2N3O4S. The van der Waals surface area contributed by atoms with Crippen molar-refractivity contribution in [3.8, 4) is 0 Å². The second kappa shape index (κ2) is 13.1. The van der Waals surface area contributed by atoms with Crippen molar-refractivity contribution >= 4 is 50.7 Å². The number of carbonyl (C=O) groups is 2. The van der Waals surface area contributed by atoms with Gasteiger partial charge in [0.15, 0.2) is 0 Å². The SMILES string of the molecule is CCNC(=O)[C@H](CC)N(Cc1ccc(C)cc1)C(=O)CN(c1ccc(Cl)cc1Cl)S(=O)(=O)c1ccccc1. The Morgan fingerprint density at radius 3 is 2.18 bits per heavy atom. The van der Waals surface area contributed by atoms with Gasteiger partial charge in [0.2, 0.25) is 11.8 Å². The number of aryl methyl sites for hydroxylation is 1. The molecule has 0 radical (unpaired) electrons. The van der Waals surface area contributed by atoms with Gasteiger partial charge in [-0.2, -0.15) is 0 Å². The molecule has 0 spiro atoms. The fraction of sp³-hybridized carbons (Fsp3) is 0.286. The van der Waals surface area contributed by atoms with Crippen LogP contribution < -0.4 is 9.62 Å². The fourth-order valence-electron chi connectivity index (χ4n) is 4.02. The number of halogens is 2. The smallest absolute Gasteiger partial charge is 0.264 e. The predicted molar refractivity (Wildman–Crippen MR) is 152 cm³/mol. The second-order valence-corrected chi connectivity index (χ2v) is 11.5. The number of nitrogens with one attached hydrogen (secondary N) is 1. The molecule has 3 aromatic rings. The summed E-state index contributed by atoms with van der Waals surface area (Å²) in [5.41, 5.74) is 1.98. The lowest BCUT2D eigenvalue weighted by Crippen LogP contribution is -2.52. The number of carbonyl (C=O) groups excluding carboxylic acids is 2. The Morgan fingerprint density at radius 1 is 0.947 bits per heavy atom. The Balaban J connectivity index is 2.08. The molecule has 0 aliphatic carbocycles. The van der Waals surface area contributed by atoms with Crippen molar-refractivity contribution in [1.29, 1.82) is 0 Å². The number of hydrogen-bond donors (Lipinski definition) is 1. The number of rotatable bonds is 11. The number of benzene rings is 3. The Hall–Kier alpha value is -3.07. The van der Waals surface area contributed by atoms with Crippen LogP contribution in [-0.4, -0.2) is 44.3 Å². The predicted octanol–water partition coefficient (Wildman–Crippen LogP) is 5.44. The molecule has 202 valence electrons. The lowest BCUT2D eigenvalue weighted by molar-refractivity contribution is -0.140. The fourth-order valence-corrected chi connectivity index (χ4v) is 6.03. The second-order valence-electron chi connectivity index (χ2n) is 8.75. The quantitative estimate of drug-likeness (QED) is 0.330. The van der Waals surface area contributed by atoms with Gasteiger partial charge in [-0.05, 0) is 56.2 Å². The van der Waals surface area contributed by atoms with Crippen molar-refractivity contribution in [3.63, 3.8) is 0 Å². The summed E-state index contributed by atoms with van der Waals surface area (Å²) in [6, 6.07) is 19.0. The zero-order valence-corrected chi connectivity index (χ0v) is 23.9. The van der Waals surface area contributed by atoms with Gasteiger partial charge in [-0.25, -0.2) is 8.42 Å². The number of sulfonamides is 1. The largest absolute Gasteiger partial charge is 0.355 e. The van der Waals surface area contributed by atoms with Crippen LogP contribution in [0.15, 0.2) is 77.7 Å². The van der Waals surface area contributed by atoms with E-state index in [1.165, 1.54) is 35.2 Å². The van der Waals surface area contributed by atoms with E-state index in [-0.39, 0.29) is 28.1 Å². The normalized spacial score (nSPS) is 12.0. The highest BCUT2D eigenvalue weighted by atomic mass is 35.5. The lowest BCUT2D eigenvalue weighted by atomic mass is 10.1. The van der Waals surface area contributed by atoms with E-state index < -0.39 is 28.5 Å². The van der Waals surface area contributed by atoms with Crippen molar-refractivity contribution < 1.29 is 18.0 Å². The molecule has 0 saturated carbocycles. The van der Waals surface area contributed by atoms with Gasteiger partial charge in [0.05, 0.1) is 15.6 Å². The van der Waals surface area contributed by atoms with Gasteiger partial charge in [0, 0.05) is 18.1 Å². The van der Waals surface area contributed by atoms with E-state index in [1.807, 2.05) is 38.1 Å². The Kier molecular flexibility index (Phi) is 10.2. The third kappa shape index (κ3) is 7.07. The molecule has 3 aromatic carbocycles. The maximum atomic E-state index is 13.9. The van der Waals surface area contributed by atoms with Gasteiger partial charge in [-0.1, -0.05) is 78.2 Å². The zero-order chi connectivity index (χ0) is 27.9. The number of anilines is 1. The van der Waals surface area contributed by atoms with Crippen LogP contribution in [0.1, 0.15) is 31.4 Å². The van der Waals surface area contributed by atoms with E-state index in [1.54, 1.807) is 25.1 Å². The third-order valence-electron chi connectivity index (χ3n) is 6.00. The van der Waals surface area contributed by atoms with Crippen LogP contribution in [0.25, 0.3) is 0 Å². The number of likely N-dealkylation sites (N-methyl/N-ethyl adjacent to an activating group) is 1. The molecular weight excluding hydrogens is 545 g/mol. The van der Waals surface area contributed by atoms with Gasteiger partial charge < -0.3 is 10.2 Å². The summed E-state index contributed by atoms with van der Waals surface area (Å²) >= 11 is 12.5. The molecule has 7 nitrogen and oxygen atoms in total. The monoisotopic (exact) mass is 575 g/mol. The third-order valence-corrected chi connectivity index (χ3v) is 8.31. The summed E-state index contributed by atoms with van der Waals surface area (Å²) in [6.45, 7) is 5.52. The maximum absolute atomic E-state index is 13.9. The summed E-state index contributed by atoms with van der Waals surface area (Å²) in [6.07, 6.45) is 0.344. The van der Waals surface area contributed by atoms with Gasteiger partial charge in [-0.3, -0.25) is 13.9 Å². The van der Waals surface area contributed by atoms with Crippen molar-refractivity contribution in [2.75, 3.05) is 17.4 Å². The average Bonchev–Trinajstić information content (AvgIpc) is 2.89. The number of nitrogens with zero attached hydrogens (tertiary/aromatic N) is 2. The van der Waals surface area contributed by atoms with Gasteiger partial charge in [0.1, 0.15) is 12.6 Å². The molecule has 0 aromatic heterocycles. The van der Waals surface area contributed by atoms with Crippen LogP contribution in [0.2, 0.25) is 10.0 Å². The summed E-state index contributed by atoms with van der Waals surface area (Å²) in [5.74, 6) is -0.855. The van der Waals surface area contributed by atoms with Crippen molar-refractivity contribution in [3.05, 3.63) is 94.0 Å². The molecule has 38 heavy (non-hydrogen) atoms. The minimum atomic E-state index is -4.20. The van der Waals surface area contributed by atoms with Crippen LogP contribution in [0.4, 0.5) is 5.69 Å². The van der Waals surface area contributed by atoms with Crippen LogP contribution in [0, 0.1) is 6.92 Å². The van der Waals surface area contributed by atoms with Crippen molar-refractivity contribution in [2.24, 2.45) is 0 Å². The molecule has 0 aliphatic heterocycles. The van der Waals surface area contributed by atoms with E-state index in [0.717, 1.165) is 15.4 Å². The lowest BCUT2D eigenvalue weighted by Gasteiger charge is -2.33. The standard InChI is InChI=1S/C28H31Cl2N3O4S/c1-4-25(28(35)31-5-2)32(18-21-13-11-20(3)12-14-21)27(34)19-33(26-16-15-22(29)17-24(26)30)38(36,37)23-9-7-6-8-10-23/h6-17,25H,4-5,18-19H2,1-3H3,(H,31,35)/t25-/m0/s1. The van der Waals surface area contributed by atoms with Crippen LogP contribution in [-0.2, 0) is 26.2 Å². The average molecular weight is 577 g/mol. The highest BCUT2D eigenvalue weighted by Crippen LogP contribution is 2.33. The van der Waals surface area contributed by atoms with Crippen LogP contribution in [0.3, 0.4) is 0 Å². The Labute approximate surface area is 234 Å². The number of amides is 2.